The van der Waals surface area contributed by atoms with Crippen LogP contribution in [0.25, 0.3) is 0 Å². The van der Waals surface area contributed by atoms with Crippen molar-refractivity contribution in [1.29, 1.82) is 0 Å². The second kappa shape index (κ2) is 2.80. The van der Waals surface area contributed by atoms with Gasteiger partial charge < -0.3 is 5.11 Å². The third kappa shape index (κ3) is 1.44. The summed E-state index contributed by atoms with van der Waals surface area (Å²) in [5.74, 6) is 1.55. The highest BCUT2D eigenvalue weighted by atomic mass is 16.4. The molecule has 1 heterocycles. The molecule has 1 aliphatic rings. The van der Waals surface area contributed by atoms with E-state index in [4.69, 9.17) is 5.11 Å². The van der Waals surface area contributed by atoms with Gasteiger partial charge in [-0.15, -0.1) is 0 Å². The number of carbonyl (C=O) groups is 1. The van der Waals surface area contributed by atoms with Crippen molar-refractivity contribution in [3.63, 3.8) is 0 Å². The number of hydrogen-bond donors (Lipinski definition) is 1. The monoisotopic (exact) mass is 135 g/mol. The van der Waals surface area contributed by atoms with Gasteiger partial charge in [-0.25, -0.2) is 9.79 Å². The van der Waals surface area contributed by atoms with Crippen LogP contribution < -0.4 is 0 Å². The number of hydrogen-bond acceptors (Lipinski definition) is 2. The Hall–Kier alpha value is -1.60. The number of aliphatic imine (C=N–C) groups is 1. The van der Waals surface area contributed by atoms with Gasteiger partial charge in [0.25, 0.3) is 0 Å². The van der Waals surface area contributed by atoms with Gasteiger partial charge in [0.1, 0.15) is 0 Å². The molecule has 0 fully saturated rings. The summed E-state index contributed by atoms with van der Waals surface area (Å²) in [4.78, 5) is 13.9. The van der Waals surface area contributed by atoms with E-state index in [1.54, 1.807) is 0 Å². The smallest absolute Gasteiger partial charge is 0.335 e. The standard InChI is InChI=1S/C7H5NO2/c9-7(10)6-2-1-4-8-5-3-6/h1-3,5H,(H,9,10). The van der Waals surface area contributed by atoms with E-state index in [0.717, 1.165) is 0 Å². The minimum Gasteiger partial charge on any atom is -0.478 e. The normalized spacial score (nSPS) is 14.6. The van der Waals surface area contributed by atoms with E-state index >= 15 is 0 Å². The summed E-state index contributed by atoms with van der Waals surface area (Å²) in [5, 5.41) is 8.45. The van der Waals surface area contributed by atoms with Crippen LogP contribution in [0.4, 0.5) is 0 Å². The highest BCUT2D eigenvalue weighted by molar-refractivity contribution is 5.90. The van der Waals surface area contributed by atoms with Gasteiger partial charge in [-0.1, -0.05) is 0 Å². The molecule has 1 N–H and O–H groups in total. The fourth-order valence-electron chi connectivity index (χ4n) is 0.529. The lowest BCUT2D eigenvalue weighted by Gasteiger charge is -1.87. The third-order valence-corrected chi connectivity index (χ3v) is 0.988. The molecule has 0 aromatic heterocycles. The van der Waals surface area contributed by atoms with E-state index in [0.29, 0.717) is 0 Å². The predicted molar refractivity (Wildman–Crippen MR) is 36.9 cm³/mol. The molecule has 0 aliphatic carbocycles. The first-order chi connectivity index (χ1) is 4.80. The zero-order chi connectivity index (χ0) is 7.40. The molecule has 3 heteroatoms. The van der Waals surface area contributed by atoms with Gasteiger partial charge >= 0.3 is 5.97 Å². The van der Waals surface area contributed by atoms with Crippen molar-refractivity contribution in [1.82, 2.24) is 0 Å². The molecule has 1 rings (SSSR count). The van der Waals surface area contributed by atoms with E-state index in [9.17, 15) is 4.79 Å². The Kier molecular flexibility index (Phi) is 1.83. The number of aliphatic carboxylic acids is 1. The van der Waals surface area contributed by atoms with Crippen LogP contribution in [0.2, 0.25) is 0 Å². The number of allylic oxidation sites excluding steroid dienone is 2. The second-order valence-electron chi connectivity index (χ2n) is 1.67. The summed E-state index contributed by atoms with van der Waals surface area (Å²) >= 11 is 0. The van der Waals surface area contributed by atoms with Crippen LogP contribution >= 0.6 is 0 Å². The Balaban J connectivity index is 2.92. The summed E-state index contributed by atoms with van der Waals surface area (Å²) in [6.45, 7) is 0. The number of carboxylic acid groups (broad SMARTS) is 1. The Labute approximate surface area is 57.7 Å². The van der Waals surface area contributed by atoms with E-state index in [-0.39, 0.29) is 5.57 Å². The van der Waals surface area contributed by atoms with Gasteiger partial charge in [-0.2, -0.15) is 0 Å². The molecule has 10 heavy (non-hydrogen) atoms. The van der Waals surface area contributed by atoms with Crippen molar-refractivity contribution in [3.8, 4) is 0 Å². The minimum absolute atomic E-state index is 0.216. The molecular weight excluding hydrogens is 130 g/mol. The molecule has 0 saturated carbocycles. The van der Waals surface area contributed by atoms with Gasteiger partial charge in [0.15, 0.2) is 0 Å². The molecule has 0 spiro atoms. The van der Waals surface area contributed by atoms with Crippen molar-refractivity contribution < 1.29 is 9.90 Å². The molecule has 0 atom stereocenters. The maximum atomic E-state index is 10.3. The molecule has 0 aromatic rings. The van der Waals surface area contributed by atoms with Crippen LogP contribution in [-0.4, -0.2) is 16.9 Å². The van der Waals surface area contributed by atoms with E-state index in [1.807, 2.05) is 0 Å². The van der Waals surface area contributed by atoms with E-state index in [1.165, 1.54) is 24.4 Å². The maximum absolute atomic E-state index is 10.3. The summed E-state index contributed by atoms with van der Waals surface area (Å²) in [5.41, 5.74) is 0.216. The quantitative estimate of drug-likeness (QED) is 0.576. The van der Waals surface area contributed by atoms with Crippen LogP contribution in [0.15, 0.2) is 35.0 Å². The van der Waals surface area contributed by atoms with Crippen LogP contribution in [-0.2, 0) is 4.79 Å². The van der Waals surface area contributed by atoms with Gasteiger partial charge in [0.05, 0.1) is 5.57 Å². The summed E-state index contributed by atoms with van der Waals surface area (Å²) in [6.07, 6.45) is 5.71. The number of rotatable bonds is 1. The maximum Gasteiger partial charge on any atom is 0.335 e. The molecule has 0 saturated heterocycles. The summed E-state index contributed by atoms with van der Waals surface area (Å²) < 4.78 is 0. The average Bonchev–Trinajstić information content (AvgIpc) is 2.12. The number of nitrogens with zero attached hydrogens (tertiary/aromatic N) is 1. The summed E-state index contributed by atoms with van der Waals surface area (Å²) in [7, 11) is 0. The van der Waals surface area contributed by atoms with E-state index < -0.39 is 5.97 Å². The first-order valence-corrected chi connectivity index (χ1v) is 2.69. The van der Waals surface area contributed by atoms with Crippen molar-refractivity contribution >= 4 is 11.8 Å². The molecule has 0 bridgehead atoms. The summed E-state index contributed by atoms with van der Waals surface area (Å²) in [6, 6.07) is 0. The minimum atomic E-state index is -0.952. The van der Waals surface area contributed by atoms with Gasteiger partial charge in [-0.3, -0.25) is 0 Å². The van der Waals surface area contributed by atoms with Crippen LogP contribution in [0.5, 0.6) is 0 Å². The molecule has 3 nitrogen and oxygen atoms in total. The lowest BCUT2D eigenvalue weighted by molar-refractivity contribution is -0.132. The molecular formula is C7H5NO2. The average molecular weight is 135 g/mol. The SMILES string of the molecule is O=C(O)C1=CC=C=NC=C1. The first kappa shape index (κ1) is 6.52. The Morgan fingerprint density at radius 2 is 2.50 bits per heavy atom. The lowest BCUT2D eigenvalue weighted by Crippen LogP contribution is -1.96. The predicted octanol–water partition coefficient (Wildman–Crippen LogP) is 0.751. The third-order valence-electron chi connectivity index (χ3n) is 0.988. The Morgan fingerprint density at radius 1 is 1.70 bits per heavy atom. The van der Waals surface area contributed by atoms with Crippen LogP contribution in [0.3, 0.4) is 0 Å². The molecule has 0 unspecified atom stereocenters. The highest BCUT2D eigenvalue weighted by Crippen LogP contribution is 1.98. The molecule has 0 amide bonds. The largest absolute Gasteiger partial charge is 0.478 e. The fraction of sp³-hybridized carbons (Fsp3) is 0. The topological polar surface area (TPSA) is 49.7 Å². The Bertz CT molecular complexity index is 267. The first-order valence-electron chi connectivity index (χ1n) is 2.69. The van der Waals surface area contributed by atoms with Gasteiger partial charge in [0.2, 0.25) is 0 Å². The second-order valence-corrected chi connectivity index (χ2v) is 1.67. The molecule has 0 aromatic carbocycles. The van der Waals surface area contributed by atoms with E-state index in [2.05, 4.69) is 10.9 Å². The van der Waals surface area contributed by atoms with Crippen molar-refractivity contribution in [2.75, 3.05) is 0 Å². The van der Waals surface area contributed by atoms with Crippen LogP contribution in [0.1, 0.15) is 0 Å². The Morgan fingerprint density at radius 3 is 3.20 bits per heavy atom. The molecule has 50 valence electrons. The van der Waals surface area contributed by atoms with Crippen molar-refractivity contribution in [2.24, 2.45) is 4.99 Å². The lowest BCUT2D eigenvalue weighted by atomic mass is 10.2. The zero-order valence-electron chi connectivity index (χ0n) is 5.11. The van der Waals surface area contributed by atoms with Crippen molar-refractivity contribution in [3.05, 3.63) is 30.0 Å². The van der Waals surface area contributed by atoms with Gasteiger partial charge in [-0.05, 0) is 18.0 Å². The number of carboxylic acids is 1. The highest BCUT2D eigenvalue weighted by Gasteiger charge is 2.00. The van der Waals surface area contributed by atoms with Gasteiger partial charge in [0, 0.05) is 12.3 Å². The fourth-order valence-corrected chi connectivity index (χ4v) is 0.529. The zero-order valence-corrected chi connectivity index (χ0v) is 5.11. The molecule has 1 aliphatic heterocycles. The molecule has 0 radical (unpaired) electrons. The van der Waals surface area contributed by atoms with Crippen molar-refractivity contribution in [2.45, 2.75) is 0 Å². The van der Waals surface area contributed by atoms with Crippen LogP contribution in [0, 0.1) is 0 Å².